The smallest absolute Gasteiger partial charge is 0.319 e. The first-order valence-electron chi connectivity index (χ1n) is 8.67. The monoisotopic (exact) mass is 359 g/mol. The molecule has 2 heterocycles. The number of amides is 2. The van der Waals surface area contributed by atoms with Crippen LogP contribution in [-0.2, 0) is 11.8 Å². The quantitative estimate of drug-likeness (QED) is 0.841. The molecule has 0 spiro atoms. The lowest BCUT2D eigenvalue weighted by atomic mass is 10.1. The summed E-state index contributed by atoms with van der Waals surface area (Å²) in [6.45, 7) is 5.75. The number of likely N-dealkylation sites (N-methyl/N-ethyl adjacent to an activating group) is 1. The number of ether oxygens (including phenoxy) is 1. The van der Waals surface area contributed by atoms with Crippen molar-refractivity contribution in [3.05, 3.63) is 23.8 Å². The maximum absolute atomic E-state index is 12.3. The van der Waals surface area contributed by atoms with Gasteiger partial charge in [0.25, 0.3) is 0 Å². The highest BCUT2D eigenvalue weighted by Gasteiger charge is 2.17. The molecule has 0 unspecified atom stereocenters. The summed E-state index contributed by atoms with van der Waals surface area (Å²) in [6.07, 6.45) is 0. The van der Waals surface area contributed by atoms with Crippen molar-refractivity contribution in [2.75, 3.05) is 45.2 Å². The Morgan fingerprint density at radius 3 is 3.00 bits per heavy atom. The molecule has 1 aromatic heterocycles. The van der Waals surface area contributed by atoms with Gasteiger partial charge in [0.1, 0.15) is 0 Å². The molecule has 3 rings (SSSR count). The Bertz CT molecular complexity index is 761. The van der Waals surface area contributed by atoms with E-state index in [1.807, 2.05) is 25.1 Å². The summed E-state index contributed by atoms with van der Waals surface area (Å²) >= 11 is 0. The molecular formula is C17H25N7O2. The van der Waals surface area contributed by atoms with Crippen LogP contribution in [0.4, 0.5) is 10.5 Å². The first-order chi connectivity index (χ1) is 12.5. The number of nitrogens with zero attached hydrogens (tertiary/aromatic N) is 5. The third-order valence-electron chi connectivity index (χ3n) is 4.34. The number of carbonyl (C=O) groups excluding carboxylic acids is 1. The van der Waals surface area contributed by atoms with Crippen LogP contribution < -0.4 is 10.6 Å². The van der Waals surface area contributed by atoms with Crippen molar-refractivity contribution < 1.29 is 9.53 Å². The molecule has 1 aromatic carbocycles. The van der Waals surface area contributed by atoms with Crippen molar-refractivity contribution in [1.82, 2.24) is 30.4 Å². The van der Waals surface area contributed by atoms with Crippen molar-refractivity contribution in [2.24, 2.45) is 13.0 Å². The van der Waals surface area contributed by atoms with Crippen LogP contribution in [0, 0.1) is 12.8 Å². The fourth-order valence-corrected chi connectivity index (χ4v) is 2.88. The van der Waals surface area contributed by atoms with E-state index in [0.717, 1.165) is 36.5 Å². The highest BCUT2D eigenvalue weighted by Crippen LogP contribution is 2.22. The van der Waals surface area contributed by atoms with Gasteiger partial charge in [-0.05, 0) is 30.8 Å². The van der Waals surface area contributed by atoms with Gasteiger partial charge in [-0.1, -0.05) is 12.1 Å². The number of benzene rings is 1. The van der Waals surface area contributed by atoms with E-state index >= 15 is 0 Å². The van der Waals surface area contributed by atoms with Gasteiger partial charge >= 0.3 is 6.03 Å². The molecule has 1 saturated heterocycles. The summed E-state index contributed by atoms with van der Waals surface area (Å²) in [5.74, 6) is 0.805. The van der Waals surface area contributed by atoms with Gasteiger partial charge in [-0.2, -0.15) is 4.80 Å². The average Bonchev–Trinajstić information content (AvgIpc) is 2.93. The molecule has 0 bridgehead atoms. The van der Waals surface area contributed by atoms with Crippen molar-refractivity contribution in [2.45, 2.75) is 6.92 Å². The molecule has 1 fully saturated rings. The van der Waals surface area contributed by atoms with Crippen LogP contribution in [-0.4, -0.2) is 71.0 Å². The number of carbonyl (C=O) groups is 1. The van der Waals surface area contributed by atoms with Crippen LogP contribution >= 0.6 is 0 Å². The Morgan fingerprint density at radius 1 is 1.38 bits per heavy atom. The van der Waals surface area contributed by atoms with Crippen LogP contribution in [0.15, 0.2) is 18.2 Å². The van der Waals surface area contributed by atoms with Crippen LogP contribution in [0.3, 0.4) is 0 Å². The number of anilines is 1. The van der Waals surface area contributed by atoms with E-state index < -0.39 is 0 Å². The van der Waals surface area contributed by atoms with Gasteiger partial charge in [-0.15, -0.1) is 10.2 Å². The van der Waals surface area contributed by atoms with Gasteiger partial charge in [0.15, 0.2) is 0 Å². The minimum absolute atomic E-state index is 0.232. The van der Waals surface area contributed by atoms with Gasteiger partial charge in [-0.25, -0.2) is 4.79 Å². The molecule has 140 valence electrons. The van der Waals surface area contributed by atoms with Crippen molar-refractivity contribution in [3.63, 3.8) is 0 Å². The third kappa shape index (κ3) is 4.77. The van der Waals surface area contributed by atoms with E-state index in [0.29, 0.717) is 19.0 Å². The highest BCUT2D eigenvalue weighted by atomic mass is 16.5. The van der Waals surface area contributed by atoms with E-state index in [2.05, 4.69) is 38.0 Å². The zero-order chi connectivity index (χ0) is 18.5. The zero-order valence-electron chi connectivity index (χ0n) is 15.4. The molecule has 1 aliphatic rings. The number of tetrazole rings is 1. The highest BCUT2D eigenvalue weighted by molar-refractivity contribution is 5.90. The standard InChI is InChI=1S/C17H25N7O2/c1-12-4-5-14(16-20-22-24(3)21-16)8-15(12)19-17(25)18-9-13-10-23(2)6-7-26-11-13/h4-5,8,13H,6-7,9-11H2,1-3H3,(H2,18,19,25)/t13-/m1/s1. The molecular weight excluding hydrogens is 334 g/mol. The molecule has 0 radical (unpaired) electrons. The van der Waals surface area contributed by atoms with Crippen LogP contribution in [0.5, 0.6) is 0 Å². The Morgan fingerprint density at radius 2 is 2.23 bits per heavy atom. The second-order valence-electron chi connectivity index (χ2n) is 6.67. The summed E-state index contributed by atoms with van der Waals surface area (Å²) < 4.78 is 5.58. The van der Waals surface area contributed by atoms with Gasteiger partial charge in [0.05, 0.1) is 20.3 Å². The minimum atomic E-state index is -0.232. The fraction of sp³-hybridized carbons (Fsp3) is 0.529. The van der Waals surface area contributed by atoms with E-state index in [9.17, 15) is 4.79 Å². The Labute approximate surface area is 152 Å². The number of hydrogen-bond donors (Lipinski definition) is 2. The predicted molar refractivity (Wildman–Crippen MR) is 97.8 cm³/mol. The lowest BCUT2D eigenvalue weighted by Gasteiger charge is -2.19. The van der Waals surface area contributed by atoms with Crippen molar-refractivity contribution in [3.8, 4) is 11.4 Å². The lowest BCUT2D eigenvalue weighted by Crippen LogP contribution is -2.38. The number of rotatable bonds is 4. The second-order valence-corrected chi connectivity index (χ2v) is 6.67. The predicted octanol–water partition coefficient (Wildman–Crippen LogP) is 0.885. The van der Waals surface area contributed by atoms with E-state index in [1.165, 1.54) is 4.80 Å². The molecule has 2 aromatic rings. The van der Waals surface area contributed by atoms with Crippen molar-refractivity contribution in [1.29, 1.82) is 0 Å². The molecule has 9 heteroatoms. The van der Waals surface area contributed by atoms with Gasteiger partial charge in [0.2, 0.25) is 5.82 Å². The molecule has 0 saturated carbocycles. The first kappa shape index (κ1) is 18.3. The Hall–Kier alpha value is -2.52. The number of nitrogens with one attached hydrogen (secondary N) is 2. The summed E-state index contributed by atoms with van der Waals surface area (Å²) in [5.41, 5.74) is 2.49. The number of aromatic nitrogens is 4. The van der Waals surface area contributed by atoms with Crippen molar-refractivity contribution >= 4 is 11.7 Å². The van der Waals surface area contributed by atoms with E-state index in [4.69, 9.17) is 4.74 Å². The maximum atomic E-state index is 12.3. The maximum Gasteiger partial charge on any atom is 0.319 e. The topological polar surface area (TPSA) is 97.2 Å². The molecule has 0 aliphatic carbocycles. The van der Waals surface area contributed by atoms with Crippen LogP contribution in [0.1, 0.15) is 5.56 Å². The molecule has 1 aliphatic heterocycles. The molecule has 9 nitrogen and oxygen atoms in total. The second kappa shape index (κ2) is 8.24. The summed E-state index contributed by atoms with van der Waals surface area (Å²) in [4.78, 5) is 15.9. The first-order valence-corrected chi connectivity index (χ1v) is 8.67. The summed E-state index contributed by atoms with van der Waals surface area (Å²) in [6, 6.07) is 5.46. The van der Waals surface area contributed by atoms with Gasteiger partial charge in [-0.3, -0.25) is 0 Å². The van der Waals surface area contributed by atoms with Gasteiger partial charge < -0.3 is 20.3 Å². The fourth-order valence-electron chi connectivity index (χ4n) is 2.88. The number of aryl methyl sites for hydroxylation is 2. The Kier molecular flexibility index (Phi) is 5.79. The minimum Gasteiger partial charge on any atom is -0.380 e. The molecule has 26 heavy (non-hydrogen) atoms. The van der Waals surface area contributed by atoms with Crippen LogP contribution in [0.2, 0.25) is 0 Å². The summed E-state index contributed by atoms with van der Waals surface area (Å²) in [5, 5.41) is 17.9. The molecule has 2 N–H and O–H groups in total. The summed E-state index contributed by atoms with van der Waals surface area (Å²) in [7, 11) is 3.78. The van der Waals surface area contributed by atoms with Gasteiger partial charge in [0, 0.05) is 36.8 Å². The normalized spacial score (nSPS) is 18.3. The zero-order valence-corrected chi connectivity index (χ0v) is 15.4. The number of urea groups is 1. The largest absolute Gasteiger partial charge is 0.380 e. The molecule has 1 atom stereocenters. The average molecular weight is 359 g/mol. The molecule has 2 amide bonds. The van der Waals surface area contributed by atoms with E-state index in [-0.39, 0.29) is 11.9 Å². The lowest BCUT2D eigenvalue weighted by molar-refractivity contribution is 0.122. The van der Waals surface area contributed by atoms with E-state index in [1.54, 1.807) is 7.05 Å². The Balaban J connectivity index is 1.60. The van der Waals surface area contributed by atoms with Crippen LogP contribution in [0.25, 0.3) is 11.4 Å². The number of hydrogen-bond acceptors (Lipinski definition) is 6. The third-order valence-corrected chi connectivity index (χ3v) is 4.34. The SMILES string of the molecule is Cc1ccc(-c2nnn(C)n2)cc1NC(=O)NC[C@H]1COCCN(C)C1.